The van der Waals surface area contributed by atoms with Gasteiger partial charge >= 0.3 is 5.97 Å². The van der Waals surface area contributed by atoms with Gasteiger partial charge in [-0.2, -0.15) is 0 Å². The number of ether oxygens (including phenoxy) is 1. The fraction of sp³-hybridized carbons (Fsp3) is 0.400. The van der Waals surface area contributed by atoms with Crippen molar-refractivity contribution in [3.63, 3.8) is 0 Å². The van der Waals surface area contributed by atoms with E-state index in [1.54, 1.807) is 16.8 Å². The predicted molar refractivity (Wildman–Crippen MR) is 67.4 cm³/mol. The molecule has 0 fully saturated rings. The van der Waals surface area contributed by atoms with E-state index in [0.717, 1.165) is 4.47 Å². The van der Waals surface area contributed by atoms with Crippen LogP contribution < -0.4 is 5.56 Å². The lowest BCUT2D eigenvalue weighted by Crippen LogP contribution is -2.20. The summed E-state index contributed by atoms with van der Waals surface area (Å²) in [5.41, 5.74) is -0.104. The number of aryl methyl sites for hydroxylation is 1. The summed E-state index contributed by atoms with van der Waals surface area (Å²) in [5.74, 6) is -0.262. The molecular weight excluding hydrogens is 342 g/mol. The molecule has 6 heteroatoms. The molecule has 88 valence electrons. The van der Waals surface area contributed by atoms with Crippen molar-refractivity contribution in [1.82, 2.24) is 4.57 Å². The smallest absolute Gasteiger partial charge is 0.305 e. The SMILES string of the molecule is COC(=O)CCCn1cc(Br)cc(Br)c1=O. The van der Waals surface area contributed by atoms with E-state index in [4.69, 9.17) is 0 Å². The van der Waals surface area contributed by atoms with Crippen molar-refractivity contribution < 1.29 is 9.53 Å². The third-order valence-corrected chi connectivity index (χ3v) is 3.02. The zero-order valence-electron chi connectivity index (χ0n) is 8.70. The minimum Gasteiger partial charge on any atom is -0.469 e. The van der Waals surface area contributed by atoms with E-state index >= 15 is 0 Å². The maximum atomic E-state index is 11.6. The second-order valence-electron chi connectivity index (χ2n) is 3.18. The van der Waals surface area contributed by atoms with E-state index in [1.807, 2.05) is 0 Å². The van der Waals surface area contributed by atoms with E-state index in [2.05, 4.69) is 36.6 Å². The number of pyridine rings is 1. The van der Waals surface area contributed by atoms with Gasteiger partial charge in [0, 0.05) is 23.6 Å². The number of methoxy groups -OCH3 is 1. The average Bonchev–Trinajstić information content (AvgIpc) is 2.24. The van der Waals surface area contributed by atoms with Gasteiger partial charge in [-0.1, -0.05) is 0 Å². The molecule has 4 nitrogen and oxygen atoms in total. The lowest BCUT2D eigenvalue weighted by molar-refractivity contribution is -0.140. The molecule has 0 radical (unpaired) electrons. The Kier molecular flexibility index (Phi) is 5.21. The largest absolute Gasteiger partial charge is 0.469 e. The van der Waals surface area contributed by atoms with Crippen molar-refractivity contribution in [3.05, 3.63) is 31.6 Å². The molecular formula is C10H11Br2NO3. The molecule has 1 rings (SSSR count). The Morgan fingerprint density at radius 3 is 2.81 bits per heavy atom. The predicted octanol–water partition coefficient (Wildman–Crippen LogP) is 2.33. The zero-order chi connectivity index (χ0) is 12.1. The molecule has 1 heterocycles. The number of rotatable bonds is 4. The Morgan fingerprint density at radius 1 is 1.50 bits per heavy atom. The van der Waals surface area contributed by atoms with Crippen LogP contribution in [0.1, 0.15) is 12.8 Å². The Morgan fingerprint density at radius 2 is 2.19 bits per heavy atom. The molecule has 16 heavy (non-hydrogen) atoms. The molecule has 1 aromatic heterocycles. The summed E-state index contributed by atoms with van der Waals surface area (Å²) in [6, 6.07) is 1.69. The zero-order valence-corrected chi connectivity index (χ0v) is 11.9. The number of halogens is 2. The maximum absolute atomic E-state index is 11.6. The first-order valence-electron chi connectivity index (χ1n) is 4.67. The van der Waals surface area contributed by atoms with Crippen molar-refractivity contribution in [2.24, 2.45) is 0 Å². The number of carbonyl (C=O) groups excluding carboxylic acids is 1. The lowest BCUT2D eigenvalue weighted by Gasteiger charge is -2.06. The van der Waals surface area contributed by atoms with Crippen LogP contribution in [0.3, 0.4) is 0 Å². The van der Waals surface area contributed by atoms with Crippen molar-refractivity contribution in [3.8, 4) is 0 Å². The molecule has 0 unspecified atom stereocenters. The molecule has 0 aromatic carbocycles. The van der Waals surface area contributed by atoms with E-state index in [9.17, 15) is 9.59 Å². The Bertz CT molecular complexity index is 442. The van der Waals surface area contributed by atoms with Crippen LogP contribution in [-0.2, 0) is 16.1 Å². The molecule has 0 atom stereocenters. The third kappa shape index (κ3) is 3.75. The topological polar surface area (TPSA) is 48.3 Å². The van der Waals surface area contributed by atoms with Gasteiger partial charge < -0.3 is 9.30 Å². The highest BCUT2D eigenvalue weighted by molar-refractivity contribution is 9.11. The Balaban J connectivity index is 2.67. The fourth-order valence-electron chi connectivity index (χ4n) is 1.23. The minimum absolute atomic E-state index is 0.104. The normalized spacial score (nSPS) is 10.2. The number of hydrogen-bond donors (Lipinski definition) is 0. The van der Waals surface area contributed by atoms with Crippen molar-refractivity contribution >= 4 is 37.8 Å². The van der Waals surface area contributed by atoms with Gasteiger partial charge in [0.2, 0.25) is 0 Å². The molecule has 1 aromatic rings. The van der Waals surface area contributed by atoms with E-state index in [1.165, 1.54) is 7.11 Å². The van der Waals surface area contributed by atoms with Crippen molar-refractivity contribution in [2.45, 2.75) is 19.4 Å². The van der Waals surface area contributed by atoms with E-state index in [-0.39, 0.29) is 11.5 Å². The molecule has 0 bridgehead atoms. The van der Waals surface area contributed by atoms with Crippen LogP contribution in [0.15, 0.2) is 26.0 Å². The monoisotopic (exact) mass is 351 g/mol. The highest BCUT2D eigenvalue weighted by Crippen LogP contribution is 2.13. The van der Waals surface area contributed by atoms with Crippen LogP contribution in [0, 0.1) is 0 Å². The van der Waals surface area contributed by atoms with Gasteiger partial charge in [0.25, 0.3) is 5.56 Å². The summed E-state index contributed by atoms with van der Waals surface area (Å²) in [7, 11) is 1.35. The molecule has 0 saturated carbocycles. The van der Waals surface area contributed by atoms with Gasteiger partial charge in [-0.3, -0.25) is 9.59 Å². The minimum atomic E-state index is -0.262. The van der Waals surface area contributed by atoms with E-state index in [0.29, 0.717) is 23.9 Å². The van der Waals surface area contributed by atoms with Crippen LogP contribution >= 0.6 is 31.9 Å². The quantitative estimate of drug-likeness (QED) is 0.781. The molecule has 0 aliphatic rings. The number of carbonyl (C=O) groups is 1. The first kappa shape index (κ1) is 13.4. The fourth-order valence-corrected chi connectivity index (χ4v) is 2.48. The van der Waals surface area contributed by atoms with Gasteiger partial charge in [-0.05, 0) is 44.3 Å². The molecule has 0 aliphatic carbocycles. The first-order chi connectivity index (χ1) is 7.54. The summed E-state index contributed by atoms with van der Waals surface area (Å²) in [6.45, 7) is 0.492. The molecule has 0 spiro atoms. The van der Waals surface area contributed by atoms with Crippen LogP contribution in [0.4, 0.5) is 0 Å². The summed E-state index contributed by atoms with van der Waals surface area (Å²) in [5, 5.41) is 0. The number of esters is 1. The summed E-state index contributed by atoms with van der Waals surface area (Å²) < 4.78 is 7.39. The lowest BCUT2D eigenvalue weighted by atomic mass is 10.3. The van der Waals surface area contributed by atoms with Gasteiger partial charge in [0.1, 0.15) is 0 Å². The summed E-state index contributed by atoms with van der Waals surface area (Å²) in [4.78, 5) is 22.5. The van der Waals surface area contributed by atoms with Crippen molar-refractivity contribution in [2.75, 3.05) is 7.11 Å². The standard InChI is InChI=1S/C10H11Br2NO3/c1-16-9(14)3-2-4-13-6-7(11)5-8(12)10(13)15/h5-6H,2-4H2,1H3. The highest BCUT2D eigenvalue weighted by atomic mass is 79.9. The van der Waals surface area contributed by atoms with Gasteiger partial charge in [0.05, 0.1) is 11.6 Å². The third-order valence-electron chi connectivity index (χ3n) is 2.02. The summed E-state index contributed by atoms with van der Waals surface area (Å²) >= 11 is 6.48. The number of aromatic nitrogens is 1. The number of hydrogen-bond acceptors (Lipinski definition) is 3. The van der Waals surface area contributed by atoms with Crippen LogP contribution in [-0.4, -0.2) is 17.6 Å². The first-order valence-corrected chi connectivity index (χ1v) is 6.25. The van der Waals surface area contributed by atoms with Gasteiger partial charge in [-0.25, -0.2) is 0 Å². The molecule has 0 saturated heterocycles. The maximum Gasteiger partial charge on any atom is 0.305 e. The number of nitrogens with zero attached hydrogens (tertiary/aromatic N) is 1. The van der Waals surface area contributed by atoms with Crippen molar-refractivity contribution in [1.29, 1.82) is 0 Å². The van der Waals surface area contributed by atoms with Gasteiger partial charge in [0.15, 0.2) is 0 Å². The average molecular weight is 353 g/mol. The second kappa shape index (κ2) is 6.20. The highest BCUT2D eigenvalue weighted by Gasteiger charge is 2.04. The van der Waals surface area contributed by atoms with Crippen LogP contribution in [0.25, 0.3) is 0 Å². The van der Waals surface area contributed by atoms with E-state index < -0.39 is 0 Å². The Hall–Kier alpha value is -0.620. The molecule has 0 aliphatic heterocycles. The van der Waals surface area contributed by atoms with Crippen LogP contribution in [0.2, 0.25) is 0 Å². The second-order valence-corrected chi connectivity index (χ2v) is 4.95. The molecule has 0 N–H and O–H groups in total. The summed E-state index contributed by atoms with van der Waals surface area (Å²) in [6.07, 6.45) is 2.59. The van der Waals surface area contributed by atoms with Crippen LogP contribution in [0.5, 0.6) is 0 Å². The Labute approximate surface area is 110 Å². The molecule has 0 amide bonds. The van der Waals surface area contributed by atoms with Gasteiger partial charge in [-0.15, -0.1) is 0 Å².